The number of aryl methyl sites for hydroxylation is 1. The van der Waals surface area contributed by atoms with Gasteiger partial charge in [-0.2, -0.15) is 0 Å². The van der Waals surface area contributed by atoms with Crippen molar-refractivity contribution < 1.29 is 0 Å². The zero-order valence-electron chi connectivity index (χ0n) is 20.1. The summed E-state index contributed by atoms with van der Waals surface area (Å²) in [6, 6.07) is 20.1. The fourth-order valence-corrected chi connectivity index (χ4v) is 5.01. The van der Waals surface area contributed by atoms with Gasteiger partial charge in [-0.3, -0.25) is 0 Å². The van der Waals surface area contributed by atoms with Crippen LogP contribution in [-0.4, -0.2) is 6.54 Å². The molecule has 0 saturated heterocycles. The van der Waals surface area contributed by atoms with Crippen LogP contribution in [0.5, 0.6) is 0 Å². The Bertz CT molecular complexity index is 775. The smallest absolute Gasteiger partial charge is 0.0184 e. The maximum absolute atomic E-state index is 4.42. The normalized spacial score (nSPS) is 16.1. The van der Waals surface area contributed by atoms with E-state index in [1.807, 2.05) is 0 Å². The highest BCUT2D eigenvalue weighted by atomic mass is 14.9. The van der Waals surface area contributed by atoms with Crippen LogP contribution in [0.1, 0.15) is 76.0 Å². The molecule has 1 fully saturated rings. The molecule has 1 nitrogen and oxygen atoms in total. The Labute approximate surface area is 191 Å². The summed E-state index contributed by atoms with van der Waals surface area (Å²) < 4.78 is 0. The highest BCUT2D eigenvalue weighted by Gasteiger charge is 2.27. The second-order valence-electron chi connectivity index (χ2n) is 10.7. The first-order valence-corrected chi connectivity index (χ1v) is 12.5. The Hall–Kier alpha value is -2.02. The zero-order valence-corrected chi connectivity index (χ0v) is 20.1. The first-order chi connectivity index (χ1) is 14.9. The summed E-state index contributed by atoms with van der Waals surface area (Å²) in [4.78, 5) is 0. The molecule has 168 valence electrons. The summed E-state index contributed by atoms with van der Waals surface area (Å²) in [6.45, 7) is 12.3. The molecule has 0 heterocycles. The number of nitrogens with one attached hydrogen (secondary N) is 1. The molecule has 0 aliphatic heterocycles. The fourth-order valence-electron chi connectivity index (χ4n) is 5.01. The lowest BCUT2D eigenvalue weighted by Crippen LogP contribution is -2.31. The fraction of sp³-hybridized carbons (Fsp3) is 0.533. The van der Waals surface area contributed by atoms with E-state index in [4.69, 9.17) is 0 Å². The molecule has 31 heavy (non-hydrogen) atoms. The Morgan fingerprint density at radius 2 is 1.48 bits per heavy atom. The molecule has 2 aromatic rings. The average molecular weight is 418 g/mol. The van der Waals surface area contributed by atoms with Crippen LogP contribution < -0.4 is 5.32 Å². The molecule has 1 unspecified atom stereocenters. The van der Waals surface area contributed by atoms with Crippen LogP contribution >= 0.6 is 0 Å². The van der Waals surface area contributed by atoms with Crippen LogP contribution in [0.25, 0.3) is 0 Å². The van der Waals surface area contributed by atoms with Gasteiger partial charge in [0.1, 0.15) is 0 Å². The Balaban J connectivity index is 1.45. The van der Waals surface area contributed by atoms with E-state index >= 15 is 0 Å². The minimum absolute atomic E-state index is 0.180. The number of hydrogen-bond donors (Lipinski definition) is 1. The van der Waals surface area contributed by atoms with Crippen molar-refractivity contribution in [1.29, 1.82) is 0 Å². The van der Waals surface area contributed by atoms with E-state index in [-0.39, 0.29) is 5.41 Å². The van der Waals surface area contributed by atoms with Crippen molar-refractivity contribution in [3.8, 4) is 0 Å². The molecule has 1 atom stereocenters. The summed E-state index contributed by atoms with van der Waals surface area (Å²) >= 11 is 0. The predicted octanol–water partition coefficient (Wildman–Crippen LogP) is 7.75. The Kier molecular flexibility index (Phi) is 8.81. The third-order valence-corrected chi connectivity index (χ3v) is 7.10. The van der Waals surface area contributed by atoms with Crippen molar-refractivity contribution in [3.63, 3.8) is 0 Å². The van der Waals surface area contributed by atoms with Gasteiger partial charge in [0.05, 0.1) is 0 Å². The van der Waals surface area contributed by atoms with Gasteiger partial charge in [0, 0.05) is 18.2 Å². The monoisotopic (exact) mass is 417 g/mol. The van der Waals surface area contributed by atoms with E-state index in [9.17, 15) is 0 Å². The number of hydrogen-bond acceptors (Lipinski definition) is 1. The molecule has 0 aromatic heterocycles. The standard InChI is InChI=1S/C30H43N/c1-24(29(30(2,3)4)23-28-13-9-6-10-14-28)31-22-21-27-19-17-26(18-20-27)16-15-25-11-7-5-8-12-25/h6,9-10,13-14,17-20,25,29,31H,1,5,7-8,11-12,15-16,21-23H2,2-4H3. The second-order valence-corrected chi connectivity index (χ2v) is 10.7. The van der Waals surface area contributed by atoms with Crippen molar-refractivity contribution in [2.75, 3.05) is 6.54 Å². The van der Waals surface area contributed by atoms with Gasteiger partial charge < -0.3 is 5.32 Å². The van der Waals surface area contributed by atoms with Crippen LogP contribution in [0.4, 0.5) is 0 Å². The van der Waals surface area contributed by atoms with Gasteiger partial charge in [-0.1, -0.05) is 114 Å². The SMILES string of the molecule is C=C(NCCc1ccc(CCC2CCCCC2)cc1)C(Cc1ccccc1)C(C)(C)C. The molecule has 0 amide bonds. The highest BCUT2D eigenvalue weighted by Crippen LogP contribution is 2.33. The Morgan fingerprint density at radius 3 is 2.10 bits per heavy atom. The summed E-state index contributed by atoms with van der Waals surface area (Å²) in [5.74, 6) is 1.38. The summed E-state index contributed by atoms with van der Waals surface area (Å²) in [7, 11) is 0. The maximum atomic E-state index is 4.42. The lowest BCUT2D eigenvalue weighted by molar-refractivity contribution is 0.267. The first-order valence-electron chi connectivity index (χ1n) is 12.5. The second kappa shape index (κ2) is 11.6. The van der Waals surface area contributed by atoms with Gasteiger partial charge in [-0.25, -0.2) is 0 Å². The van der Waals surface area contributed by atoms with Crippen molar-refractivity contribution >= 4 is 0 Å². The van der Waals surface area contributed by atoms with Crippen molar-refractivity contribution in [2.45, 2.75) is 78.6 Å². The topological polar surface area (TPSA) is 12.0 Å². The van der Waals surface area contributed by atoms with E-state index in [1.54, 1.807) is 0 Å². The van der Waals surface area contributed by atoms with Gasteiger partial charge in [0.25, 0.3) is 0 Å². The molecule has 1 aliphatic rings. The molecule has 0 spiro atoms. The summed E-state index contributed by atoms with van der Waals surface area (Å²) in [6.07, 6.45) is 11.9. The third-order valence-electron chi connectivity index (χ3n) is 7.10. The van der Waals surface area contributed by atoms with Gasteiger partial charge >= 0.3 is 0 Å². The highest BCUT2D eigenvalue weighted by molar-refractivity contribution is 5.23. The first kappa shape index (κ1) is 23.6. The average Bonchev–Trinajstić information content (AvgIpc) is 2.77. The summed E-state index contributed by atoms with van der Waals surface area (Å²) in [5, 5.41) is 3.65. The van der Waals surface area contributed by atoms with Gasteiger partial charge in [-0.05, 0) is 53.7 Å². The summed E-state index contributed by atoms with van der Waals surface area (Å²) in [5.41, 5.74) is 5.65. The molecular formula is C30H43N. The number of rotatable bonds is 10. The Morgan fingerprint density at radius 1 is 0.871 bits per heavy atom. The van der Waals surface area contributed by atoms with Crippen LogP contribution in [0.2, 0.25) is 0 Å². The molecule has 1 saturated carbocycles. The maximum Gasteiger partial charge on any atom is 0.0184 e. The van der Waals surface area contributed by atoms with Crippen LogP contribution in [0, 0.1) is 17.3 Å². The molecule has 0 bridgehead atoms. The van der Waals surface area contributed by atoms with Crippen LogP contribution in [-0.2, 0) is 19.3 Å². The van der Waals surface area contributed by atoms with Crippen molar-refractivity contribution in [3.05, 3.63) is 83.6 Å². The molecule has 1 heteroatoms. The lowest BCUT2D eigenvalue weighted by Gasteiger charge is -2.33. The van der Waals surface area contributed by atoms with E-state index in [0.717, 1.165) is 25.3 Å². The minimum atomic E-state index is 0.180. The van der Waals surface area contributed by atoms with E-state index < -0.39 is 0 Å². The predicted molar refractivity (Wildman–Crippen MR) is 135 cm³/mol. The zero-order chi connectivity index (χ0) is 22.1. The lowest BCUT2D eigenvalue weighted by atomic mass is 9.75. The van der Waals surface area contributed by atoms with Crippen LogP contribution in [0.3, 0.4) is 0 Å². The minimum Gasteiger partial charge on any atom is -0.388 e. The largest absolute Gasteiger partial charge is 0.388 e. The van der Waals surface area contributed by atoms with Gasteiger partial charge in [0.15, 0.2) is 0 Å². The number of benzene rings is 2. The molecule has 3 rings (SSSR count). The van der Waals surface area contributed by atoms with Gasteiger partial charge in [0.2, 0.25) is 0 Å². The number of allylic oxidation sites excluding steroid dienone is 1. The van der Waals surface area contributed by atoms with Crippen LogP contribution in [0.15, 0.2) is 66.9 Å². The quantitative estimate of drug-likeness (QED) is 0.416. The molecule has 1 N–H and O–H groups in total. The van der Waals surface area contributed by atoms with E-state index in [0.29, 0.717) is 5.92 Å². The van der Waals surface area contributed by atoms with E-state index in [2.05, 4.69) is 87.3 Å². The molecule has 0 radical (unpaired) electrons. The molecule has 2 aromatic carbocycles. The van der Waals surface area contributed by atoms with Crippen molar-refractivity contribution in [2.24, 2.45) is 17.3 Å². The third kappa shape index (κ3) is 7.87. The molecular weight excluding hydrogens is 374 g/mol. The van der Waals surface area contributed by atoms with E-state index in [1.165, 1.54) is 67.3 Å². The van der Waals surface area contributed by atoms with Gasteiger partial charge in [-0.15, -0.1) is 0 Å². The van der Waals surface area contributed by atoms with Crippen molar-refractivity contribution in [1.82, 2.24) is 5.32 Å². The molecule has 1 aliphatic carbocycles.